The summed E-state index contributed by atoms with van der Waals surface area (Å²) in [7, 11) is 0. The van der Waals surface area contributed by atoms with Crippen LogP contribution in [-0.2, 0) is 9.59 Å². The summed E-state index contributed by atoms with van der Waals surface area (Å²) in [6.07, 6.45) is 2.97. The average molecular weight is 435 g/mol. The molecule has 0 bridgehead atoms. The molecule has 2 aromatic carbocycles. The lowest BCUT2D eigenvalue weighted by Gasteiger charge is -2.20. The maximum absolute atomic E-state index is 12.7. The molecule has 1 spiro atoms. The van der Waals surface area contributed by atoms with E-state index in [1.54, 1.807) is 30.3 Å². The van der Waals surface area contributed by atoms with Gasteiger partial charge < -0.3 is 21.3 Å². The maximum atomic E-state index is 12.7. The van der Waals surface area contributed by atoms with Crippen molar-refractivity contribution < 1.29 is 19.2 Å². The van der Waals surface area contributed by atoms with E-state index in [1.165, 1.54) is 0 Å². The summed E-state index contributed by atoms with van der Waals surface area (Å²) in [6.45, 7) is 1.45. The summed E-state index contributed by atoms with van der Waals surface area (Å²) in [5.74, 6) is -0.822. The van der Waals surface area contributed by atoms with E-state index >= 15 is 0 Å². The first-order valence-corrected chi connectivity index (χ1v) is 10.5. The van der Waals surface area contributed by atoms with Crippen molar-refractivity contribution in [2.24, 2.45) is 0 Å². The molecular weight excluding hydrogens is 410 g/mol. The first-order valence-electron chi connectivity index (χ1n) is 10.5. The van der Waals surface area contributed by atoms with E-state index < -0.39 is 23.5 Å². The molecule has 0 atom stereocenters. The molecule has 1 saturated carbocycles. The highest BCUT2D eigenvalue weighted by molar-refractivity contribution is 6.10. The molecule has 0 aromatic heterocycles. The number of hydrogen-bond acceptors (Lipinski definition) is 4. The van der Waals surface area contributed by atoms with Crippen molar-refractivity contribution in [3.63, 3.8) is 0 Å². The topological polar surface area (TPSA) is 120 Å². The molecule has 1 aliphatic heterocycles. The second kappa shape index (κ2) is 8.70. The van der Waals surface area contributed by atoms with Crippen molar-refractivity contribution in [1.29, 1.82) is 0 Å². The molecule has 166 valence electrons. The Hall–Kier alpha value is -3.88. The van der Waals surface area contributed by atoms with Crippen LogP contribution in [-0.4, -0.2) is 40.9 Å². The van der Waals surface area contributed by atoms with E-state index in [-0.39, 0.29) is 12.5 Å². The van der Waals surface area contributed by atoms with Crippen LogP contribution < -0.4 is 21.3 Å². The third-order valence-corrected chi connectivity index (χ3v) is 5.81. The van der Waals surface area contributed by atoms with E-state index in [9.17, 15) is 19.2 Å². The van der Waals surface area contributed by atoms with Crippen molar-refractivity contribution >= 4 is 40.9 Å². The molecule has 2 fully saturated rings. The zero-order chi connectivity index (χ0) is 22.7. The summed E-state index contributed by atoms with van der Waals surface area (Å²) in [6, 6.07) is 13.2. The normalized spacial score (nSPS) is 16.7. The molecule has 9 heteroatoms. The van der Waals surface area contributed by atoms with Gasteiger partial charge >= 0.3 is 12.1 Å². The number of urea groups is 2. The van der Waals surface area contributed by atoms with E-state index in [4.69, 9.17) is 0 Å². The highest BCUT2D eigenvalue weighted by Gasteiger charge is 2.52. The molecule has 2 aliphatic rings. The number of carbonyl (C=O) groups is 4. The van der Waals surface area contributed by atoms with Gasteiger partial charge in [-0.05, 0) is 49.6 Å². The third kappa shape index (κ3) is 4.41. The SMILES string of the molecule is Cc1ccc(NC(=O)Nc2ccccc2)cc1NC(=O)CN1C(=O)NC2(CCCC2)C1=O. The quantitative estimate of drug-likeness (QED) is 0.538. The Bertz CT molecular complexity index is 1060. The van der Waals surface area contributed by atoms with Crippen molar-refractivity contribution in [2.45, 2.75) is 38.1 Å². The smallest absolute Gasteiger partial charge is 0.324 e. The third-order valence-electron chi connectivity index (χ3n) is 5.81. The first kappa shape index (κ1) is 21.4. The molecule has 9 nitrogen and oxygen atoms in total. The molecule has 4 N–H and O–H groups in total. The summed E-state index contributed by atoms with van der Waals surface area (Å²) in [5.41, 5.74) is 1.55. The molecule has 2 aromatic rings. The number of imide groups is 1. The Morgan fingerprint density at radius 3 is 2.38 bits per heavy atom. The van der Waals surface area contributed by atoms with Crippen molar-refractivity contribution in [3.05, 3.63) is 54.1 Å². The zero-order valence-electron chi connectivity index (χ0n) is 17.7. The minimum Gasteiger partial charge on any atom is -0.324 e. The summed E-state index contributed by atoms with van der Waals surface area (Å²) < 4.78 is 0. The van der Waals surface area contributed by atoms with Crippen LogP contribution in [0.25, 0.3) is 0 Å². The lowest BCUT2D eigenvalue weighted by atomic mass is 9.98. The number of nitrogens with one attached hydrogen (secondary N) is 4. The average Bonchev–Trinajstić information content (AvgIpc) is 3.32. The van der Waals surface area contributed by atoms with Gasteiger partial charge in [-0.3, -0.25) is 14.5 Å². The summed E-state index contributed by atoms with van der Waals surface area (Å²) in [4.78, 5) is 50.8. The molecule has 1 aliphatic carbocycles. The lowest BCUT2D eigenvalue weighted by molar-refractivity contribution is -0.133. The van der Waals surface area contributed by atoms with Gasteiger partial charge in [-0.2, -0.15) is 0 Å². The molecule has 0 radical (unpaired) electrons. The van der Waals surface area contributed by atoms with E-state index in [1.807, 2.05) is 25.1 Å². The largest absolute Gasteiger partial charge is 0.325 e. The Morgan fingerprint density at radius 1 is 0.969 bits per heavy atom. The van der Waals surface area contributed by atoms with Crippen LogP contribution in [0, 0.1) is 6.92 Å². The molecular formula is C23H25N5O4. The molecule has 1 heterocycles. The van der Waals surface area contributed by atoms with E-state index in [0.717, 1.165) is 23.3 Å². The van der Waals surface area contributed by atoms with E-state index in [2.05, 4.69) is 21.3 Å². The number of rotatable bonds is 5. The Balaban J connectivity index is 1.38. The number of aryl methyl sites for hydroxylation is 1. The number of nitrogens with zero attached hydrogens (tertiary/aromatic N) is 1. The number of carbonyl (C=O) groups excluding carboxylic acids is 4. The van der Waals surface area contributed by atoms with Crippen molar-refractivity contribution in [3.8, 4) is 0 Å². The van der Waals surface area contributed by atoms with Gasteiger partial charge in [0.25, 0.3) is 5.91 Å². The molecule has 4 rings (SSSR count). The second-order valence-electron chi connectivity index (χ2n) is 8.13. The maximum Gasteiger partial charge on any atom is 0.325 e. The zero-order valence-corrected chi connectivity index (χ0v) is 17.7. The van der Waals surface area contributed by atoms with Gasteiger partial charge in [0.2, 0.25) is 5.91 Å². The van der Waals surface area contributed by atoms with Crippen molar-refractivity contribution in [2.75, 3.05) is 22.5 Å². The summed E-state index contributed by atoms with van der Waals surface area (Å²) in [5, 5.41) is 10.9. The number of anilines is 3. The van der Waals surface area contributed by atoms with Crippen LogP contribution >= 0.6 is 0 Å². The van der Waals surface area contributed by atoms with Crippen molar-refractivity contribution in [1.82, 2.24) is 10.2 Å². The predicted octanol–water partition coefficient (Wildman–Crippen LogP) is 3.44. The highest BCUT2D eigenvalue weighted by atomic mass is 16.2. The van der Waals surface area contributed by atoms with Crippen LogP contribution in [0.2, 0.25) is 0 Å². The fourth-order valence-electron chi connectivity index (χ4n) is 4.12. The fourth-order valence-corrected chi connectivity index (χ4v) is 4.12. The molecule has 6 amide bonds. The van der Waals surface area contributed by atoms with Gasteiger partial charge in [-0.1, -0.05) is 37.1 Å². The minimum absolute atomic E-state index is 0.333. The van der Waals surface area contributed by atoms with Gasteiger partial charge in [0.1, 0.15) is 12.1 Å². The number of para-hydroxylation sites is 1. The van der Waals surface area contributed by atoms with Crippen LogP contribution in [0.5, 0.6) is 0 Å². The first-order chi connectivity index (χ1) is 15.4. The van der Waals surface area contributed by atoms with Gasteiger partial charge in [0, 0.05) is 17.1 Å². The standard InChI is InChI=1S/C23H25N5O4/c1-15-9-10-17(25-21(31)24-16-7-3-2-4-8-16)13-18(15)26-19(29)14-28-20(30)23(27-22(28)32)11-5-6-12-23/h2-4,7-10,13H,5-6,11-12,14H2,1H3,(H,26,29)(H,27,32)(H2,24,25,31). The fraction of sp³-hybridized carbons (Fsp3) is 0.304. The van der Waals surface area contributed by atoms with E-state index in [0.29, 0.717) is 29.9 Å². The summed E-state index contributed by atoms with van der Waals surface area (Å²) >= 11 is 0. The number of amides is 6. The molecule has 1 saturated heterocycles. The molecule has 32 heavy (non-hydrogen) atoms. The predicted molar refractivity (Wildman–Crippen MR) is 120 cm³/mol. The number of hydrogen-bond donors (Lipinski definition) is 4. The van der Waals surface area contributed by atoms with Gasteiger partial charge in [0.05, 0.1) is 0 Å². The Kier molecular flexibility index (Phi) is 5.81. The Labute approximate surface area is 185 Å². The lowest BCUT2D eigenvalue weighted by Crippen LogP contribution is -2.44. The van der Waals surface area contributed by atoms with Crippen LogP contribution in [0.1, 0.15) is 31.2 Å². The highest BCUT2D eigenvalue weighted by Crippen LogP contribution is 2.35. The van der Waals surface area contributed by atoms with Gasteiger partial charge in [0.15, 0.2) is 0 Å². The van der Waals surface area contributed by atoms with Crippen LogP contribution in [0.4, 0.5) is 26.7 Å². The van der Waals surface area contributed by atoms with Gasteiger partial charge in [-0.25, -0.2) is 9.59 Å². The second-order valence-corrected chi connectivity index (χ2v) is 8.13. The Morgan fingerprint density at radius 2 is 1.66 bits per heavy atom. The van der Waals surface area contributed by atoms with Gasteiger partial charge in [-0.15, -0.1) is 0 Å². The van der Waals surface area contributed by atoms with Crippen LogP contribution in [0.3, 0.4) is 0 Å². The minimum atomic E-state index is -0.844. The number of benzene rings is 2. The van der Waals surface area contributed by atoms with Crippen LogP contribution in [0.15, 0.2) is 48.5 Å². The monoisotopic (exact) mass is 435 g/mol. The molecule has 0 unspecified atom stereocenters.